The summed E-state index contributed by atoms with van der Waals surface area (Å²) in [4.78, 5) is 0. The first-order valence-corrected chi connectivity index (χ1v) is 6.65. The Morgan fingerprint density at radius 2 is 2.17 bits per heavy atom. The molecule has 100 valence electrons. The zero-order valence-corrected chi connectivity index (χ0v) is 12.5. The average molecular weight is 316 g/mol. The Labute approximate surface area is 116 Å². The molecule has 1 aromatic carbocycles. The summed E-state index contributed by atoms with van der Waals surface area (Å²) in [6.07, 6.45) is 0. The van der Waals surface area contributed by atoms with Crippen molar-refractivity contribution in [2.24, 2.45) is 0 Å². The smallest absolute Gasteiger partial charge is 0.231 e. The fourth-order valence-corrected chi connectivity index (χ4v) is 2.31. The first-order chi connectivity index (χ1) is 8.52. The Hall–Kier alpha value is -0.780. The zero-order chi connectivity index (χ0) is 13.2. The molecule has 0 spiro atoms. The van der Waals surface area contributed by atoms with Crippen molar-refractivity contribution in [2.45, 2.75) is 26.0 Å². The number of hydrogen-bond donors (Lipinski definition) is 1. The fourth-order valence-electron chi connectivity index (χ4n) is 1.70. The Balaban J connectivity index is 1.97. The monoisotopic (exact) mass is 315 g/mol. The molecule has 1 heterocycles. The molecule has 0 atom stereocenters. The Kier molecular flexibility index (Phi) is 4.14. The first-order valence-electron chi connectivity index (χ1n) is 5.86. The van der Waals surface area contributed by atoms with Crippen molar-refractivity contribution in [3.8, 4) is 11.5 Å². The number of methoxy groups -OCH3 is 1. The molecular weight excluding hydrogens is 298 g/mol. The van der Waals surface area contributed by atoms with E-state index < -0.39 is 0 Å². The van der Waals surface area contributed by atoms with Crippen molar-refractivity contribution in [1.29, 1.82) is 0 Å². The van der Waals surface area contributed by atoms with E-state index in [0.717, 1.165) is 34.6 Å². The highest BCUT2D eigenvalue weighted by molar-refractivity contribution is 9.10. The van der Waals surface area contributed by atoms with Crippen LogP contribution in [0.2, 0.25) is 0 Å². The van der Waals surface area contributed by atoms with Gasteiger partial charge >= 0.3 is 0 Å². The fraction of sp³-hybridized carbons (Fsp3) is 0.538. The normalized spacial score (nSPS) is 14.0. The topological polar surface area (TPSA) is 39.7 Å². The van der Waals surface area contributed by atoms with Gasteiger partial charge in [0.25, 0.3) is 0 Å². The molecule has 0 unspecified atom stereocenters. The SMILES string of the molecule is COC(C)(C)CNCc1cc(Br)c2c(c1)OCO2. The quantitative estimate of drug-likeness (QED) is 0.907. The maximum atomic E-state index is 5.38. The van der Waals surface area contributed by atoms with Crippen LogP contribution in [0.15, 0.2) is 16.6 Å². The van der Waals surface area contributed by atoms with Gasteiger partial charge in [0.1, 0.15) is 0 Å². The van der Waals surface area contributed by atoms with Crippen molar-refractivity contribution in [2.75, 3.05) is 20.4 Å². The van der Waals surface area contributed by atoms with E-state index in [0.29, 0.717) is 6.79 Å². The van der Waals surface area contributed by atoms with Gasteiger partial charge in [0.2, 0.25) is 6.79 Å². The summed E-state index contributed by atoms with van der Waals surface area (Å²) in [6.45, 7) is 5.95. The van der Waals surface area contributed by atoms with Crippen LogP contribution in [-0.4, -0.2) is 26.0 Å². The number of benzene rings is 1. The third-order valence-electron chi connectivity index (χ3n) is 2.92. The molecule has 0 saturated carbocycles. The second kappa shape index (κ2) is 5.47. The van der Waals surface area contributed by atoms with Crippen molar-refractivity contribution >= 4 is 15.9 Å². The lowest BCUT2D eigenvalue weighted by Gasteiger charge is -2.23. The molecule has 1 aliphatic heterocycles. The van der Waals surface area contributed by atoms with Crippen LogP contribution >= 0.6 is 15.9 Å². The highest BCUT2D eigenvalue weighted by atomic mass is 79.9. The lowest BCUT2D eigenvalue weighted by molar-refractivity contribution is 0.0230. The van der Waals surface area contributed by atoms with Gasteiger partial charge in [0, 0.05) is 20.2 Å². The lowest BCUT2D eigenvalue weighted by atomic mass is 10.1. The summed E-state index contributed by atoms with van der Waals surface area (Å²) in [5.41, 5.74) is 0.992. The van der Waals surface area contributed by atoms with Crippen molar-refractivity contribution in [3.63, 3.8) is 0 Å². The third-order valence-corrected chi connectivity index (χ3v) is 3.51. The van der Waals surface area contributed by atoms with Gasteiger partial charge in [-0.2, -0.15) is 0 Å². The van der Waals surface area contributed by atoms with Crippen LogP contribution in [0.4, 0.5) is 0 Å². The van der Waals surface area contributed by atoms with Crippen LogP contribution in [0.5, 0.6) is 11.5 Å². The van der Waals surface area contributed by atoms with Gasteiger partial charge in [-0.05, 0) is 47.5 Å². The number of fused-ring (bicyclic) bond motifs is 1. The standard InChI is InChI=1S/C13H18BrNO3/c1-13(2,16-3)7-15-6-9-4-10(14)12-11(5-9)17-8-18-12/h4-5,15H,6-8H2,1-3H3. The molecule has 1 N–H and O–H groups in total. The highest BCUT2D eigenvalue weighted by Gasteiger charge is 2.19. The summed E-state index contributed by atoms with van der Waals surface area (Å²) < 4.78 is 17.0. The number of hydrogen-bond acceptors (Lipinski definition) is 4. The van der Waals surface area contributed by atoms with Gasteiger partial charge in [0.15, 0.2) is 11.5 Å². The molecule has 1 aliphatic rings. The summed E-state index contributed by atoms with van der Waals surface area (Å²) in [7, 11) is 1.72. The minimum atomic E-state index is -0.159. The van der Waals surface area contributed by atoms with Gasteiger partial charge in [-0.25, -0.2) is 0 Å². The Morgan fingerprint density at radius 1 is 1.39 bits per heavy atom. The predicted molar refractivity (Wildman–Crippen MR) is 73.1 cm³/mol. The maximum absolute atomic E-state index is 5.38. The lowest BCUT2D eigenvalue weighted by Crippen LogP contribution is -2.36. The van der Waals surface area contributed by atoms with Crippen LogP contribution in [0, 0.1) is 0 Å². The minimum absolute atomic E-state index is 0.159. The van der Waals surface area contributed by atoms with E-state index >= 15 is 0 Å². The average Bonchev–Trinajstić information content (AvgIpc) is 2.77. The van der Waals surface area contributed by atoms with E-state index in [1.165, 1.54) is 0 Å². The molecule has 0 radical (unpaired) electrons. The van der Waals surface area contributed by atoms with Crippen molar-refractivity contribution < 1.29 is 14.2 Å². The molecule has 2 rings (SSSR count). The molecule has 18 heavy (non-hydrogen) atoms. The van der Waals surface area contributed by atoms with Crippen LogP contribution in [0.1, 0.15) is 19.4 Å². The van der Waals surface area contributed by atoms with E-state index in [-0.39, 0.29) is 5.60 Å². The molecule has 0 aliphatic carbocycles. The second-order valence-electron chi connectivity index (χ2n) is 4.88. The number of halogens is 1. The summed E-state index contributed by atoms with van der Waals surface area (Å²) >= 11 is 3.49. The molecule has 0 aromatic heterocycles. The number of ether oxygens (including phenoxy) is 3. The van der Waals surface area contributed by atoms with Gasteiger partial charge in [-0.1, -0.05) is 0 Å². The highest BCUT2D eigenvalue weighted by Crippen LogP contribution is 2.39. The number of nitrogens with one attached hydrogen (secondary N) is 1. The largest absolute Gasteiger partial charge is 0.454 e. The van der Waals surface area contributed by atoms with Gasteiger partial charge in [-0.3, -0.25) is 0 Å². The van der Waals surface area contributed by atoms with Crippen molar-refractivity contribution in [3.05, 3.63) is 22.2 Å². The zero-order valence-electron chi connectivity index (χ0n) is 10.9. The molecule has 0 fully saturated rings. The van der Waals surface area contributed by atoms with Gasteiger partial charge in [0.05, 0.1) is 10.1 Å². The molecule has 0 amide bonds. The third kappa shape index (κ3) is 3.16. The molecule has 0 bridgehead atoms. The van der Waals surface area contributed by atoms with Crippen LogP contribution in [0.3, 0.4) is 0 Å². The van der Waals surface area contributed by atoms with E-state index in [1.807, 2.05) is 12.1 Å². The summed E-state index contributed by atoms with van der Waals surface area (Å²) in [5, 5.41) is 3.37. The van der Waals surface area contributed by atoms with Crippen molar-refractivity contribution in [1.82, 2.24) is 5.32 Å². The number of rotatable bonds is 5. The van der Waals surface area contributed by atoms with Crippen LogP contribution in [-0.2, 0) is 11.3 Å². The van der Waals surface area contributed by atoms with Gasteiger partial charge < -0.3 is 19.5 Å². The minimum Gasteiger partial charge on any atom is -0.454 e. The van der Waals surface area contributed by atoms with E-state index in [1.54, 1.807) is 7.11 Å². The van der Waals surface area contributed by atoms with Crippen LogP contribution in [0.25, 0.3) is 0 Å². The molecule has 4 nitrogen and oxygen atoms in total. The predicted octanol–water partition coefficient (Wildman–Crippen LogP) is 2.69. The van der Waals surface area contributed by atoms with E-state index in [9.17, 15) is 0 Å². The Bertz CT molecular complexity index is 434. The second-order valence-corrected chi connectivity index (χ2v) is 5.73. The molecule has 5 heteroatoms. The molecular formula is C13H18BrNO3. The van der Waals surface area contributed by atoms with Crippen LogP contribution < -0.4 is 14.8 Å². The first kappa shape index (κ1) is 13.6. The maximum Gasteiger partial charge on any atom is 0.231 e. The van der Waals surface area contributed by atoms with Gasteiger partial charge in [-0.15, -0.1) is 0 Å². The van der Waals surface area contributed by atoms with E-state index in [2.05, 4.69) is 35.1 Å². The molecule has 0 saturated heterocycles. The summed E-state index contributed by atoms with van der Waals surface area (Å²) in [5.74, 6) is 1.59. The summed E-state index contributed by atoms with van der Waals surface area (Å²) in [6, 6.07) is 4.04. The van der Waals surface area contributed by atoms with E-state index in [4.69, 9.17) is 14.2 Å². The Morgan fingerprint density at radius 3 is 2.89 bits per heavy atom. The molecule has 1 aromatic rings.